The van der Waals surface area contributed by atoms with Gasteiger partial charge in [-0.3, -0.25) is 5.10 Å². The number of fused-ring (bicyclic) bond motifs is 1. The van der Waals surface area contributed by atoms with E-state index in [1.807, 2.05) is 32.0 Å². The zero-order chi connectivity index (χ0) is 13.4. The summed E-state index contributed by atoms with van der Waals surface area (Å²) in [7, 11) is 0. The molecule has 6 heteroatoms. The van der Waals surface area contributed by atoms with Crippen molar-refractivity contribution in [3.63, 3.8) is 0 Å². The van der Waals surface area contributed by atoms with Crippen LogP contribution < -0.4 is 10.5 Å². The topological polar surface area (TPSA) is 89.7 Å². The van der Waals surface area contributed by atoms with Crippen LogP contribution in [0.5, 0.6) is 11.6 Å². The van der Waals surface area contributed by atoms with Gasteiger partial charge in [-0.15, -0.1) is 0 Å². The lowest BCUT2D eigenvalue weighted by atomic mass is 10.1. The predicted octanol–water partition coefficient (Wildman–Crippen LogP) is 2.34. The highest BCUT2D eigenvalue weighted by atomic mass is 16.5. The lowest BCUT2D eigenvalue weighted by Crippen LogP contribution is -1.99. The van der Waals surface area contributed by atoms with E-state index in [1.165, 1.54) is 0 Å². The molecule has 0 fully saturated rings. The van der Waals surface area contributed by atoms with Crippen LogP contribution in [0.2, 0.25) is 0 Å². The van der Waals surface area contributed by atoms with E-state index in [0.29, 0.717) is 16.9 Å². The molecule has 1 aromatic carbocycles. The number of aryl methyl sites for hydroxylation is 1. The maximum atomic E-state index is 5.85. The van der Waals surface area contributed by atoms with Crippen LogP contribution in [0.15, 0.2) is 24.4 Å². The lowest BCUT2D eigenvalue weighted by molar-refractivity contribution is 0.465. The fourth-order valence-corrected chi connectivity index (χ4v) is 1.84. The molecule has 0 aliphatic carbocycles. The number of hydrogen-bond donors (Lipinski definition) is 2. The van der Waals surface area contributed by atoms with Gasteiger partial charge >= 0.3 is 0 Å². The van der Waals surface area contributed by atoms with Crippen molar-refractivity contribution in [1.29, 1.82) is 0 Å². The summed E-state index contributed by atoms with van der Waals surface area (Å²) in [5.41, 5.74) is 8.44. The van der Waals surface area contributed by atoms with Crippen molar-refractivity contribution in [3.8, 4) is 11.6 Å². The van der Waals surface area contributed by atoms with Gasteiger partial charge in [0.1, 0.15) is 11.1 Å². The van der Waals surface area contributed by atoms with E-state index >= 15 is 0 Å². The minimum Gasteiger partial charge on any atom is -0.438 e. The molecular weight excluding hydrogens is 242 g/mol. The van der Waals surface area contributed by atoms with Gasteiger partial charge in [0.2, 0.25) is 11.8 Å². The SMILES string of the molecule is Cc1cccc(Oc2nc(N)nc3[nH]ncc23)c1C. The second-order valence-electron chi connectivity index (χ2n) is 4.32. The Morgan fingerprint density at radius 3 is 2.89 bits per heavy atom. The molecule has 0 amide bonds. The summed E-state index contributed by atoms with van der Waals surface area (Å²) >= 11 is 0. The number of aromatic nitrogens is 4. The Morgan fingerprint density at radius 2 is 2.05 bits per heavy atom. The van der Waals surface area contributed by atoms with Crippen molar-refractivity contribution in [3.05, 3.63) is 35.5 Å². The summed E-state index contributed by atoms with van der Waals surface area (Å²) in [6, 6.07) is 5.87. The van der Waals surface area contributed by atoms with Crippen LogP contribution in [0.3, 0.4) is 0 Å². The smallest absolute Gasteiger partial charge is 0.235 e. The fourth-order valence-electron chi connectivity index (χ4n) is 1.84. The lowest BCUT2D eigenvalue weighted by Gasteiger charge is -2.10. The summed E-state index contributed by atoms with van der Waals surface area (Å²) in [5, 5.41) is 7.38. The van der Waals surface area contributed by atoms with Gasteiger partial charge in [-0.1, -0.05) is 12.1 Å². The van der Waals surface area contributed by atoms with Crippen molar-refractivity contribution in [2.24, 2.45) is 0 Å². The molecule has 0 aliphatic rings. The first kappa shape index (κ1) is 11.5. The molecule has 0 atom stereocenters. The van der Waals surface area contributed by atoms with Crippen molar-refractivity contribution in [2.45, 2.75) is 13.8 Å². The normalized spacial score (nSPS) is 10.8. The third-order valence-corrected chi connectivity index (χ3v) is 3.05. The predicted molar refractivity (Wildman–Crippen MR) is 72.1 cm³/mol. The van der Waals surface area contributed by atoms with E-state index < -0.39 is 0 Å². The number of nitrogens with one attached hydrogen (secondary N) is 1. The molecule has 0 unspecified atom stereocenters. The zero-order valence-electron chi connectivity index (χ0n) is 10.6. The number of hydrogen-bond acceptors (Lipinski definition) is 5. The van der Waals surface area contributed by atoms with Gasteiger partial charge in [-0.25, -0.2) is 0 Å². The van der Waals surface area contributed by atoms with E-state index in [0.717, 1.165) is 16.9 Å². The standard InChI is InChI=1S/C13H13N5O/c1-7-4-3-5-10(8(7)2)19-12-9-6-15-18-11(9)16-13(14)17-12/h3-6H,1-2H3,(H3,14,15,16,17,18). The van der Waals surface area contributed by atoms with Gasteiger partial charge < -0.3 is 10.5 Å². The molecular formula is C13H13N5O. The molecule has 19 heavy (non-hydrogen) atoms. The van der Waals surface area contributed by atoms with E-state index in [-0.39, 0.29) is 5.95 Å². The van der Waals surface area contributed by atoms with Crippen molar-refractivity contribution >= 4 is 17.0 Å². The molecule has 0 radical (unpaired) electrons. The van der Waals surface area contributed by atoms with Crippen molar-refractivity contribution < 1.29 is 4.74 Å². The Labute approximate surface area is 109 Å². The molecule has 0 bridgehead atoms. The maximum Gasteiger partial charge on any atom is 0.235 e. The van der Waals surface area contributed by atoms with Crippen LogP contribution in [-0.4, -0.2) is 20.2 Å². The summed E-state index contributed by atoms with van der Waals surface area (Å²) < 4.78 is 5.85. The molecule has 2 aromatic heterocycles. The third kappa shape index (κ3) is 1.97. The minimum absolute atomic E-state index is 0.150. The monoisotopic (exact) mass is 255 g/mol. The molecule has 3 N–H and O–H groups in total. The molecule has 0 saturated heterocycles. The second-order valence-corrected chi connectivity index (χ2v) is 4.32. The van der Waals surface area contributed by atoms with Crippen LogP contribution in [0.25, 0.3) is 11.0 Å². The number of nitrogens with two attached hydrogens (primary N) is 1. The third-order valence-electron chi connectivity index (χ3n) is 3.05. The second kappa shape index (κ2) is 4.24. The van der Waals surface area contributed by atoms with E-state index in [1.54, 1.807) is 6.20 Å². The van der Waals surface area contributed by atoms with Crippen molar-refractivity contribution in [2.75, 3.05) is 5.73 Å². The highest BCUT2D eigenvalue weighted by Gasteiger charge is 2.11. The molecule has 96 valence electrons. The maximum absolute atomic E-state index is 5.85. The first-order chi connectivity index (χ1) is 9.15. The Bertz CT molecular complexity index is 750. The van der Waals surface area contributed by atoms with Crippen LogP contribution in [0.1, 0.15) is 11.1 Å². The van der Waals surface area contributed by atoms with Gasteiger partial charge in [-0.05, 0) is 31.0 Å². The first-order valence-corrected chi connectivity index (χ1v) is 5.86. The highest BCUT2D eigenvalue weighted by molar-refractivity contribution is 5.80. The molecule has 2 heterocycles. The van der Waals surface area contributed by atoms with Crippen LogP contribution in [0.4, 0.5) is 5.95 Å². The van der Waals surface area contributed by atoms with Gasteiger partial charge in [0.25, 0.3) is 0 Å². The van der Waals surface area contributed by atoms with Crippen molar-refractivity contribution in [1.82, 2.24) is 20.2 Å². The molecule has 0 saturated carbocycles. The van der Waals surface area contributed by atoms with Crippen LogP contribution >= 0.6 is 0 Å². The first-order valence-electron chi connectivity index (χ1n) is 5.86. The fraction of sp³-hybridized carbons (Fsp3) is 0.154. The highest BCUT2D eigenvalue weighted by Crippen LogP contribution is 2.29. The minimum atomic E-state index is 0.150. The van der Waals surface area contributed by atoms with Gasteiger partial charge in [0.05, 0.1) is 6.20 Å². The van der Waals surface area contributed by atoms with E-state index in [9.17, 15) is 0 Å². The average Bonchev–Trinajstić information content (AvgIpc) is 2.83. The van der Waals surface area contributed by atoms with E-state index in [4.69, 9.17) is 10.5 Å². The molecule has 0 spiro atoms. The van der Waals surface area contributed by atoms with Gasteiger partial charge in [-0.2, -0.15) is 15.1 Å². The number of anilines is 1. The number of aromatic amines is 1. The largest absolute Gasteiger partial charge is 0.438 e. The number of nitrogen functional groups attached to an aromatic ring is 1. The molecule has 3 rings (SSSR count). The molecule has 6 nitrogen and oxygen atoms in total. The number of ether oxygens (including phenoxy) is 1. The van der Waals surface area contributed by atoms with Crippen LogP contribution in [-0.2, 0) is 0 Å². The van der Waals surface area contributed by atoms with Gasteiger partial charge in [0, 0.05) is 0 Å². The van der Waals surface area contributed by atoms with E-state index in [2.05, 4.69) is 20.2 Å². The summed E-state index contributed by atoms with van der Waals surface area (Å²) in [6.07, 6.45) is 1.62. The summed E-state index contributed by atoms with van der Waals surface area (Å²) in [5.74, 6) is 1.31. The van der Waals surface area contributed by atoms with Crippen LogP contribution in [0, 0.1) is 13.8 Å². The molecule has 3 aromatic rings. The quantitative estimate of drug-likeness (QED) is 0.733. The summed E-state index contributed by atoms with van der Waals surface area (Å²) in [4.78, 5) is 8.17. The Hall–Kier alpha value is -2.63. The zero-order valence-corrected chi connectivity index (χ0v) is 10.6. The average molecular weight is 255 g/mol. The Balaban J connectivity index is 2.10. The number of nitrogens with zero attached hydrogens (tertiary/aromatic N) is 3. The number of H-pyrrole nitrogens is 1. The van der Waals surface area contributed by atoms with Gasteiger partial charge in [0.15, 0.2) is 5.65 Å². The Kier molecular flexibility index (Phi) is 2.56. The number of benzene rings is 1. The Morgan fingerprint density at radius 1 is 1.21 bits per heavy atom. The number of rotatable bonds is 2. The molecule has 0 aliphatic heterocycles. The summed E-state index contributed by atoms with van der Waals surface area (Å²) in [6.45, 7) is 4.03.